The van der Waals surface area contributed by atoms with Crippen molar-refractivity contribution in [2.24, 2.45) is 0 Å². The summed E-state index contributed by atoms with van der Waals surface area (Å²) < 4.78 is 31.6. The average Bonchev–Trinajstić information content (AvgIpc) is 2.58. The molecule has 0 aromatic heterocycles. The summed E-state index contributed by atoms with van der Waals surface area (Å²) in [6.07, 6.45) is 0.171. The maximum absolute atomic E-state index is 13.4. The van der Waals surface area contributed by atoms with Gasteiger partial charge in [0.15, 0.2) is 6.61 Å². The fraction of sp³-hybridized carbons (Fsp3) is 0.222. The van der Waals surface area contributed by atoms with E-state index in [4.69, 9.17) is 4.74 Å². The molecular weight excluding hydrogens is 316 g/mol. The van der Waals surface area contributed by atoms with E-state index in [-0.39, 0.29) is 25.2 Å². The molecule has 2 aromatic carbocycles. The lowest BCUT2D eigenvalue weighted by atomic mass is 10.1. The lowest BCUT2D eigenvalue weighted by Crippen LogP contribution is -2.28. The lowest BCUT2D eigenvalue weighted by molar-refractivity contribution is -0.148. The number of rotatable bonds is 7. The molecule has 0 unspecified atom stereocenters. The minimum absolute atomic E-state index is 0.0122. The predicted octanol–water partition coefficient (Wildman–Crippen LogP) is 2.76. The summed E-state index contributed by atoms with van der Waals surface area (Å²) in [5.41, 5.74) is 0.759. The number of ether oxygens (including phenoxy) is 1. The molecule has 0 radical (unpaired) electrons. The largest absolute Gasteiger partial charge is 0.456 e. The van der Waals surface area contributed by atoms with E-state index in [2.05, 4.69) is 5.32 Å². The van der Waals surface area contributed by atoms with E-state index in [1.807, 2.05) is 0 Å². The highest BCUT2D eigenvalue weighted by Crippen LogP contribution is 2.09. The number of carbonyl (C=O) groups excluding carboxylic acids is 2. The van der Waals surface area contributed by atoms with Crippen LogP contribution < -0.4 is 5.32 Å². The van der Waals surface area contributed by atoms with Crippen LogP contribution in [0.15, 0.2) is 48.5 Å². The summed E-state index contributed by atoms with van der Waals surface area (Å²) in [4.78, 5) is 23.2. The van der Waals surface area contributed by atoms with E-state index in [9.17, 15) is 18.4 Å². The van der Waals surface area contributed by atoms with Crippen LogP contribution in [0.5, 0.6) is 0 Å². The van der Waals surface area contributed by atoms with Crippen molar-refractivity contribution >= 4 is 11.9 Å². The van der Waals surface area contributed by atoms with Gasteiger partial charge in [-0.1, -0.05) is 36.4 Å². The molecule has 0 atom stereocenters. The van der Waals surface area contributed by atoms with Crippen molar-refractivity contribution in [3.05, 3.63) is 71.3 Å². The highest BCUT2D eigenvalue weighted by atomic mass is 19.1. The molecule has 0 aliphatic heterocycles. The molecule has 4 nitrogen and oxygen atoms in total. The van der Waals surface area contributed by atoms with Crippen molar-refractivity contribution < 1.29 is 23.1 Å². The average molecular weight is 333 g/mol. The third-order valence-corrected chi connectivity index (χ3v) is 3.35. The maximum atomic E-state index is 13.4. The van der Waals surface area contributed by atoms with Crippen molar-refractivity contribution in [1.82, 2.24) is 5.32 Å². The van der Waals surface area contributed by atoms with Gasteiger partial charge in [0.05, 0.1) is 0 Å². The second-order valence-corrected chi connectivity index (χ2v) is 5.12. The Morgan fingerprint density at radius 1 is 0.917 bits per heavy atom. The standard InChI is InChI=1S/C18H17F2NO3/c19-15-7-3-1-5-13(15)9-10-18(23)24-12-17(22)21-11-14-6-2-4-8-16(14)20/h1-8H,9-12H2,(H,21,22). The Hall–Kier alpha value is -2.76. The summed E-state index contributed by atoms with van der Waals surface area (Å²) in [7, 11) is 0. The van der Waals surface area contributed by atoms with E-state index in [0.29, 0.717) is 11.1 Å². The van der Waals surface area contributed by atoms with Gasteiger partial charge in [0, 0.05) is 18.5 Å². The number of benzene rings is 2. The van der Waals surface area contributed by atoms with Gasteiger partial charge in [0.2, 0.25) is 0 Å². The Morgan fingerprint density at radius 3 is 2.12 bits per heavy atom. The fourth-order valence-electron chi connectivity index (χ4n) is 2.04. The Bertz CT molecular complexity index is 657. The van der Waals surface area contributed by atoms with Crippen molar-refractivity contribution in [3.8, 4) is 0 Å². The zero-order chi connectivity index (χ0) is 17.4. The number of esters is 1. The Labute approximate surface area is 138 Å². The Kier molecular flexibility index (Phi) is 6.42. The number of aryl methyl sites for hydroxylation is 1. The molecule has 0 saturated heterocycles. The topological polar surface area (TPSA) is 55.4 Å². The van der Waals surface area contributed by atoms with E-state index in [0.717, 1.165) is 0 Å². The van der Waals surface area contributed by atoms with Crippen molar-refractivity contribution in [1.29, 1.82) is 0 Å². The molecule has 2 rings (SSSR count). The van der Waals surface area contributed by atoms with Crippen LogP contribution in [0.3, 0.4) is 0 Å². The summed E-state index contributed by atoms with van der Waals surface area (Å²) in [6, 6.07) is 12.2. The summed E-state index contributed by atoms with van der Waals surface area (Å²) in [5, 5.41) is 2.46. The first-order valence-electron chi connectivity index (χ1n) is 7.45. The van der Waals surface area contributed by atoms with E-state index in [1.54, 1.807) is 36.4 Å². The van der Waals surface area contributed by atoms with Crippen LogP contribution in [-0.2, 0) is 27.3 Å². The molecule has 0 heterocycles. The molecule has 24 heavy (non-hydrogen) atoms. The highest BCUT2D eigenvalue weighted by Gasteiger charge is 2.10. The first-order chi connectivity index (χ1) is 11.6. The highest BCUT2D eigenvalue weighted by molar-refractivity contribution is 5.80. The lowest BCUT2D eigenvalue weighted by Gasteiger charge is -2.07. The molecular formula is C18H17F2NO3. The molecule has 0 saturated carbocycles. The molecule has 2 aromatic rings. The van der Waals surface area contributed by atoms with Gasteiger partial charge in [-0.05, 0) is 24.1 Å². The first kappa shape index (κ1) is 17.6. The molecule has 0 aliphatic carbocycles. The zero-order valence-corrected chi connectivity index (χ0v) is 12.9. The second kappa shape index (κ2) is 8.76. The predicted molar refractivity (Wildman–Crippen MR) is 83.9 cm³/mol. The Morgan fingerprint density at radius 2 is 1.50 bits per heavy atom. The molecule has 0 aliphatic rings. The molecule has 0 spiro atoms. The summed E-state index contributed by atoms with van der Waals surface area (Å²) >= 11 is 0. The van der Waals surface area contributed by atoms with Crippen LogP contribution in [0.4, 0.5) is 8.78 Å². The van der Waals surface area contributed by atoms with E-state index in [1.165, 1.54) is 12.1 Å². The van der Waals surface area contributed by atoms with Crippen LogP contribution in [0.1, 0.15) is 17.5 Å². The van der Waals surface area contributed by atoms with Gasteiger partial charge in [-0.25, -0.2) is 8.78 Å². The van der Waals surface area contributed by atoms with Gasteiger partial charge in [0.25, 0.3) is 5.91 Å². The van der Waals surface area contributed by atoms with Gasteiger partial charge in [-0.3, -0.25) is 9.59 Å². The number of hydrogen-bond acceptors (Lipinski definition) is 3. The van der Waals surface area contributed by atoms with Gasteiger partial charge in [-0.15, -0.1) is 0 Å². The number of carbonyl (C=O) groups is 2. The van der Waals surface area contributed by atoms with Crippen molar-refractivity contribution in [2.45, 2.75) is 19.4 Å². The molecule has 126 valence electrons. The van der Waals surface area contributed by atoms with Crippen LogP contribution in [0.2, 0.25) is 0 Å². The fourth-order valence-corrected chi connectivity index (χ4v) is 2.04. The molecule has 1 N–H and O–H groups in total. The van der Waals surface area contributed by atoms with Crippen molar-refractivity contribution in [3.63, 3.8) is 0 Å². The molecule has 6 heteroatoms. The summed E-state index contributed by atoms with van der Waals surface area (Å²) in [6.45, 7) is -0.442. The van der Waals surface area contributed by atoms with E-state index < -0.39 is 24.3 Å². The molecule has 0 bridgehead atoms. The SMILES string of the molecule is O=C(COC(=O)CCc1ccccc1F)NCc1ccccc1F. The smallest absolute Gasteiger partial charge is 0.306 e. The number of amides is 1. The minimum atomic E-state index is -0.598. The van der Waals surface area contributed by atoms with Gasteiger partial charge >= 0.3 is 5.97 Å². The minimum Gasteiger partial charge on any atom is -0.456 e. The number of nitrogens with one attached hydrogen (secondary N) is 1. The van der Waals surface area contributed by atoms with Gasteiger partial charge in [0.1, 0.15) is 11.6 Å². The molecule has 0 fully saturated rings. The maximum Gasteiger partial charge on any atom is 0.306 e. The van der Waals surface area contributed by atoms with E-state index >= 15 is 0 Å². The van der Waals surface area contributed by atoms with Crippen molar-refractivity contribution in [2.75, 3.05) is 6.61 Å². The normalized spacial score (nSPS) is 10.2. The quantitative estimate of drug-likeness (QED) is 0.793. The number of hydrogen-bond donors (Lipinski definition) is 1. The second-order valence-electron chi connectivity index (χ2n) is 5.12. The first-order valence-corrected chi connectivity index (χ1v) is 7.45. The monoisotopic (exact) mass is 333 g/mol. The zero-order valence-electron chi connectivity index (χ0n) is 12.9. The molecule has 1 amide bonds. The van der Waals surface area contributed by atoms with Crippen LogP contribution in [0, 0.1) is 11.6 Å². The van der Waals surface area contributed by atoms with Crippen LogP contribution in [-0.4, -0.2) is 18.5 Å². The van der Waals surface area contributed by atoms with Gasteiger partial charge < -0.3 is 10.1 Å². The third kappa shape index (κ3) is 5.46. The van der Waals surface area contributed by atoms with Crippen LogP contribution >= 0.6 is 0 Å². The van der Waals surface area contributed by atoms with Gasteiger partial charge in [-0.2, -0.15) is 0 Å². The third-order valence-electron chi connectivity index (χ3n) is 3.35. The summed E-state index contributed by atoms with van der Waals surface area (Å²) in [5.74, 6) is -1.93. The van der Waals surface area contributed by atoms with Crippen LogP contribution in [0.25, 0.3) is 0 Å². The Balaban J connectivity index is 1.69. The number of halogens is 2.